The van der Waals surface area contributed by atoms with E-state index >= 15 is 0 Å². The fourth-order valence-electron chi connectivity index (χ4n) is 2.83. The number of hydrogen-bond donors (Lipinski definition) is 1. The number of rotatable bonds is 4. The Morgan fingerprint density at radius 1 is 1.33 bits per heavy atom. The largest absolute Gasteiger partial charge is 0.444 e. The van der Waals surface area contributed by atoms with E-state index in [4.69, 9.17) is 4.74 Å². The van der Waals surface area contributed by atoms with E-state index < -0.39 is 5.60 Å². The number of hydrogen-bond acceptors (Lipinski definition) is 3. The van der Waals surface area contributed by atoms with Crippen LogP contribution in [-0.4, -0.2) is 36.2 Å². The van der Waals surface area contributed by atoms with Crippen LogP contribution in [0.2, 0.25) is 0 Å². The minimum absolute atomic E-state index is 0.223. The maximum atomic E-state index is 12.1. The first-order valence-corrected chi connectivity index (χ1v) is 8.71. The van der Waals surface area contributed by atoms with E-state index in [1.54, 1.807) is 4.90 Å². The summed E-state index contributed by atoms with van der Waals surface area (Å²) in [6, 6.07) is 8.79. The van der Waals surface area contributed by atoms with Gasteiger partial charge < -0.3 is 15.0 Å². The Bertz CT molecular complexity index is 602. The van der Waals surface area contributed by atoms with Crippen LogP contribution in [-0.2, 0) is 4.74 Å². The lowest BCUT2D eigenvalue weighted by Gasteiger charge is -2.30. The number of carbonyl (C=O) groups is 1. The van der Waals surface area contributed by atoms with Crippen LogP contribution in [0.4, 0.5) is 4.79 Å². The molecule has 0 aromatic heterocycles. The predicted octanol–water partition coefficient (Wildman–Crippen LogP) is 4.21. The second-order valence-corrected chi connectivity index (χ2v) is 7.50. The molecule has 1 amide bonds. The summed E-state index contributed by atoms with van der Waals surface area (Å²) in [6.45, 7) is 12.2. The summed E-state index contributed by atoms with van der Waals surface area (Å²) in [5.41, 5.74) is 3.57. The average molecular weight is 330 g/mol. The Morgan fingerprint density at radius 2 is 2.04 bits per heavy atom. The minimum atomic E-state index is -0.439. The average Bonchev–Trinajstić information content (AvgIpc) is 2.52. The lowest BCUT2D eigenvalue weighted by atomic mass is 10.0. The summed E-state index contributed by atoms with van der Waals surface area (Å²) < 4.78 is 5.42. The Morgan fingerprint density at radius 3 is 2.62 bits per heavy atom. The SMILES string of the molecule is Cc1ccccc1C(C)NCC1=CCN(C(=O)OC(C)(C)C)CC1. The molecule has 1 atom stereocenters. The molecular weight excluding hydrogens is 300 g/mol. The summed E-state index contributed by atoms with van der Waals surface area (Å²) in [6.07, 6.45) is 2.82. The van der Waals surface area contributed by atoms with Crippen molar-refractivity contribution in [2.24, 2.45) is 0 Å². The molecule has 1 aliphatic heterocycles. The number of benzene rings is 1. The van der Waals surface area contributed by atoms with Gasteiger partial charge in [-0.15, -0.1) is 0 Å². The number of aryl methyl sites for hydroxylation is 1. The molecule has 2 rings (SSSR count). The van der Waals surface area contributed by atoms with E-state index in [1.165, 1.54) is 16.7 Å². The van der Waals surface area contributed by atoms with Crippen LogP contribution in [0.5, 0.6) is 0 Å². The zero-order chi connectivity index (χ0) is 17.7. The number of ether oxygens (including phenoxy) is 1. The van der Waals surface area contributed by atoms with E-state index in [2.05, 4.69) is 49.5 Å². The molecule has 0 radical (unpaired) electrons. The molecule has 1 aliphatic rings. The van der Waals surface area contributed by atoms with Crippen molar-refractivity contribution >= 4 is 6.09 Å². The topological polar surface area (TPSA) is 41.6 Å². The van der Waals surface area contributed by atoms with Gasteiger partial charge in [-0.1, -0.05) is 35.9 Å². The quantitative estimate of drug-likeness (QED) is 0.841. The van der Waals surface area contributed by atoms with Gasteiger partial charge in [-0.05, 0) is 52.2 Å². The first-order valence-electron chi connectivity index (χ1n) is 8.71. The molecule has 4 heteroatoms. The number of nitrogens with zero attached hydrogens (tertiary/aromatic N) is 1. The molecule has 132 valence electrons. The molecule has 0 fully saturated rings. The predicted molar refractivity (Wildman–Crippen MR) is 98.1 cm³/mol. The second-order valence-electron chi connectivity index (χ2n) is 7.50. The third-order valence-electron chi connectivity index (χ3n) is 4.25. The van der Waals surface area contributed by atoms with E-state index in [-0.39, 0.29) is 6.09 Å². The molecule has 0 aliphatic carbocycles. The molecular formula is C20H30N2O2. The van der Waals surface area contributed by atoms with Crippen molar-refractivity contribution in [2.45, 2.75) is 52.7 Å². The molecule has 1 aromatic rings. The maximum absolute atomic E-state index is 12.1. The molecule has 0 bridgehead atoms. The van der Waals surface area contributed by atoms with Gasteiger partial charge >= 0.3 is 6.09 Å². The van der Waals surface area contributed by atoms with Gasteiger partial charge in [0, 0.05) is 25.7 Å². The fraction of sp³-hybridized carbons (Fsp3) is 0.550. The molecule has 0 saturated carbocycles. The van der Waals surface area contributed by atoms with Crippen molar-refractivity contribution in [1.82, 2.24) is 10.2 Å². The highest BCUT2D eigenvalue weighted by molar-refractivity contribution is 5.68. The molecule has 0 saturated heterocycles. The van der Waals surface area contributed by atoms with Crippen LogP contribution in [0, 0.1) is 6.92 Å². The lowest BCUT2D eigenvalue weighted by Crippen LogP contribution is -2.40. The summed E-state index contributed by atoms with van der Waals surface area (Å²) in [7, 11) is 0. The maximum Gasteiger partial charge on any atom is 0.410 e. The molecule has 1 heterocycles. The molecule has 4 nitrogen and oxygen atoms in total. The smallest absolute Gasteiger partial charge is 0.410 e. The van der Waals surface area contributed by atoms with Crippen molar-refractivity contribution in [2.75, 3.05) is 19.6 Å². The van der Waals surface area contributed by atoms with Gasteiger partial charge in [-0.3, -0.25) is 0 Å². The van der Waals surface area contributed by atoms with Crippen LogP contribution in [0.15, 0.2) is 35.9 Å². The van der Waals surface area contributed by atoms with E-state index in [0.29, 0.717) is 12.6 Å². The van der Waals surface area contributed by atoms with Crippen molar-refractivity contribution in [3.8, 4) is 0 Å². The number of amides is 1. The Hall–Kier alpha value is -1.81. The molecule has 1 aromatic carbocycles. The van der Waals surface area contributed by atoms with Gasteiger partial charge in [0.2, 0.25) is 0 Å². The van der Waals surface area contributed by atoms with E-state index in [1.807, 2.05) is 20.8 Å². The zero-order valence-corrected chi connectivity index (χ0v) is 15.6. The summed E-state index contributed by atoms with van der Waals surface area (Å²) in [5.74, 6) is 0. The lowest BCUT2D eigenvalue weighted by molar-refractivity contribution is 0.0265. The highest BCUT2D eigenvalue weighted by atomic mass is 16.6. The Kier molecular flexibility index (Phi) is 6.05. The second kappa shape index (κ2) is 7.84. The van der Waals surface area contributed by atoms with Gasteiger partial charge in [0.1, 0.15) is 5.60 Å². The van der Waals surface area contributed by atoms with Crippen molar-refractivity contribution in [3.05, 3.63) is 47.0 Å². The molecule has 0 spiro atoms. The van der Waals surface area contributed by atoms with Gasteiger partial charge in [0.25, 0.3) is 0 Å². The molecule has 1 unspecified atom stereocenters. The van der Waals surface area contributed by atoms with Crippen LogP contribution < -0.4 is 5.32 Å². The molecule has 1 N–H and O–H groups in total. The number of carbonyl (C=O) groups excluding carboxylic acids is 1. The van der Waals surface area contributed by atoms with Crippen LogP contribution in [0.25, 0.3) is 0 Å². The normalized spacial score (nSPS) is 16.5. The Labute approximate surface area is 145 Å². The summed E-state index contributed by atoms with van der Waals surface area (Å²) in [5, 5.41) is 3.59. The van der Waals surface area contributed by atoms with Crippen LogP contribution in [0.3, 0.4) is 0 Å². The van der Waals surface area contributed by atoms with E-state index in [9.17, 15) is 4.79 Å². The highest BCUT2D eigenvalue weighted by Crippen LogP contribution is 2.19. The first kappa shape index (κ1) is 18.5. The Balaban J connectivity index is 1.83. The van der Waals surface area contributed by atoms with Crippen LogP contribution >= 0.6 is 0 Å². The van der Waals surface area contributed by atoms with Gasteiger partial charge in [0.15, 0.2) is 0 Å². The first-order chi connectivity index (χ1) is 11.3. The summed E-state index contributed by atoms with van der Waals surface area (Å²) in [4.78, 5) is 13.8. The standard InChI is InChI=1S/C20H30N2O2/c1-15-8-6-7-9-18(15)16(2)21-14-17-10-12-22(13-11-17)19(23)24-20(3,4)5/h6-10,16,21H,11-14H2,1-5H3. The van der Waals surface area contributed by atoms with Crippen molar-refractivity contribution in [3.63, 3.8) is 0 Å². The van der Waals surface area contributed by atoms with Crippen molar-refractivity contribution in [1.29, 1.82) is 0 Å². The monoisotopic (exact) mass is 330 g/mol. The highest BCUT2D eigenvalue weighted by Gasteiger charge is 2.23. The minimum Gasteiger partial charge on any atom is -0.444 e. The van der Waals surface area contributed by atoms with Gasteiger partial charge in [-0.2, -0.15) is 0 Å². The zero-order valence-electron chi connectivity index (χ0n) is 15.6. The third-order valence-corrected chi connectivity index (χ3v) is 4.25. The van der Waals surface area contributed by atoms with Gasteiger partial charge in [0.05, 0.1) is 0 Å². The van der Waals surface area contributed by atoms with Crippen molar-refractivity contribution < 1.29 is 9.53 Å². The summed E-state index contributed by atoms with van der Waals surface area (Å²) >= 11 is 0. The third kappa shape index (κ3) is 5.38. The van der Waals surface area contributed by atoms with Crippen LogP contribution in [0.1, 0.15) is 51.3 Å². The van der Waals surface area contributed by atoms with E-state index in [0.717, 1.165) is 19.5 Å². The molecule has 24 heavy (non-hydrogen) atoms. The van der Waals surface area contributed by atoms with Gasteiger partial charge in [-0.25, -0.2) is 4.79 Å². The number of nitrogens with one attached hydrogen (secondary N) is 1. The fourth-order valence-corrected chi connectivity index (χ4v) is 2.83.